The molecule has 0 atom stereocenters. The third kappa shape index (κ3) is 1.39. The molecule has 3 nitrogen and oxygen atoms in total. The second kappa shape index (κ2) is 3.28. The number of nitrogens with two attached hydrogens (primary N) is 1. The van der Waals surface area contributed by atoms with Crippen molar-refractivity contribution in [2.24, 2.45) is 0 Å². The lowest BCUT2D eigenvalue weighted by Gasteiger charge is -2.01. The van der Waals surface area contributed by atoms with E-state index >= 15 is 0 Å². The van der Waals surface area contributed by atoms with Crippen LogP contribution in [0.25, 0.3) is 0 Å². The van der Waals surface area contributed by atoms with Crippen LogP contribution >= 0.6 is 11.3 Å². The summed E-state index contributed by atoms with van der Waals surface area (Å²) in [5.41, 5.74) is 7.84. The maximum atomic E-state index is 11.3. The Morgan fingerprint density at radius 2 is 2.21 bits per heavy atom. The van der Waals surface area contributed by atoms with Crippen LogP contribution in [0, 0.1) is 0 Å². The Hall–Kier alpha value is -1.03. The number of hydrogen-bond acceptors (Lipinski definition) is 4. The molecule has 3 N–H and O–H groups in total. The minimum atomic E-state index is 0.0656. The first kappa shape index (κ1) is 9.52. The number of thiophene rings is 1. The van der Waals surface area contributed by atoms with Crippen molar-refractivity contribution >= 4 is 27.8 Å². The van der Waals surface area contributed by atoms with Gasteiger partial charge in [0.15, 0.2) is 5.78 Å². The van der Waals surface area contributed by atoms with Crippen molar-refractivity contribution in [2.75, 3.05) is 18.1 Å². The van der Waals surface area contributed by atoms with Gasteiger partial charge in [-0.3, -0.25) is 4.79 Å². The van der Waals surface area contributed by atoms with E-state index in [0.29, 0.717) is 16.5 Å². The van der Waals surface area contributed by atoms with Gasteiger partial charge in [-0.2, -0.15) is 0 Å². The molecule has 0 amide bonds. The highest BCUT2D eigenvalue weighted by molar-refractivity contribution is 7.18. The van der Waals surface area contributed by atoms with Gasteiger partial charge in [0.2, 0.25) is 0 Å². The zero-order chi connectivity index (χ0) is 10.3. The molecule has 1 heterocycles. The number of Topliss-reactive ketones (excluding diaryl/α,β-unsaturated/α-hetero) is 1. The van der Waals surface area contributed by atoms with Gasteiger partial charge in [0.25, 0.3) is 0 Å². The van der Waals surface area contributed by atoms with Crippen LogP contribution in [-0.2, 0) is 0 Å². The van der Waals surface area contributed by atoms with Crippen molar-refractivity contribution in [2.45, 2.75) is 25.7 Å². The minimum absolute atomic E-state index is 0.0656. The third-order valence-corrected chi connectivity index (χ3v) is 3.86. The Kier molecular flexibility index (Phi) is 2.23. The second-order valence-electron chi connectivity index (χ2n) is 3.67. The molecule has 2 rings (SSSR count). The van der Waals surface area contributed by atoms with E-state index in [4.69, 9.17) is 5.73 Å². The van der Waals surface area contributed by atoms with E-state index in [1.54, 1.807) is 6.92 Å². The average Bonchev–Trinajstić information content (AvgIpc) is 2.90. The zero-order valence-electron chi connectivity index (χ0n) is 8.39. The lowest BCUT2D eigenvalue weighted by Crippen LogP contribution is -1.97. The van der Waals surface area contributed by atoms with Gasteiger partial charge in [0.1, 0.15) is 0 Å². The van der Waals surface area contributed by atoms with E-state index in [1.807, 2.05) is 7.05 Å². The second-order valence-corrected chi connectivity index (χ2v) is 4.69. The highest BCUT2D eigenvalue weighted by Crippen LogP contribution is 2.50. The molecular weight excluding hydrogens is 196 g/mol. The highest BCUT2D eigenvalue weighted by atomic mass is 32.1. The van der Waals surface area contributed by atoms with Gasteiger partial charge in [0, 0.05) is 19.5 Å². The van der Waals surface area contributed by atoms with E-state index < -0.39 is 0 Å². The maximum absolute atomic E-state index is 11.3. The molecular formula is C10H14N2OS. The molecule has 0 spiro atoms. The number of rotatable bonds is 3. The van der Waals surface area contributed by atoms with Gasteiger partial charge in [-0.05, 0) is 18.8 Å². The van der Waals surface area contributed by atoms with E-state index in [1.165, 1.54) is 29.7 Å². The molecule has 1 saturated carbocycles. The van der Waals surface area contributed by atoms with Gasteiger partial charge in [-0.15, -0.1) is 11.3 Å². The van der Waals surface area contributed by atoms with Crippen LogP contribution in [0.1, 0.15) is 40.9 Å². The van der Waals surface area contributed by atoms with Gasteiger partial charge in [0.05, 0.1) is 15.6 Å². The topological polar surface area (TPSA) is 55.1 Å². The first-order valence-corrected chi connectivity index (χ1v) is 5.57. The molecule has 0 unspecified atom stereocenters. The van der Waals surface area contributed by atoms with Gasteiger partial charge in [-0.25, -0.2) is 0 Å². The molecule has 14 heavy (non-hydrogen) atoms. The van der Waals surface area contributed by atoms with Crippen LogP contribution in [0.5, 0.6) is 0 Å². The van der Waals surface area contributed by atoms with Gasteiger partial charge < -0.3 is 11.1 Å². The summed E-state index contributed by atoms with van der Waals surface area (Å²) in [4.78, 5) is 12.0. The number of nitrogens with one attached hydrogen (secondary N) is 1. The average molecular weight is 210 g/mol. The smallest absolute Gasteiger partial charge is 0.171 e. The summed E-state index contributed by atoms with van der Waals surface area (Å²) in [6.45, 7) is 1.57. The number of nitrogen functional groups attached to an aromatic ring is 1. The lowest BCUT2D eigenvalue weighted by molar-refractivity contribution is 0.102. The Balaban J connectivity index is 2.50. The van der Waals surface area contributed by atoms with Crippen molar-refractivity contribution in [3.8, 4) is 0 Å². The summed E-state index contributed by atoms with van der Waals surface area (Å²) in [6, 6.07) is 0. The summed E-state index contributed by atoms with van der Waals surface area (Å²) in [5, 5.41) is 4.18. The molecule has 0 aromatic carbocycles. The van der Waals surface area contributed by atoms with Crippen molar-refractivity contribution in [1.29, 1.82) is 0 Å². The number of ketones is 1. The van der Waals surface area contributed by atoms with E-state index in [0.717, 1.165) is 5.00 Å². The summed E-state index contributed by atoms with van der Waals surface area (Å²) in [6.07, 6.45) is 2.40. The van der Waals surface area contributed by atoms with Crippen molar-refractivity contribution < 1.29 is 4.79 Å². The molecule has 0 bridgehead atoms. The monoisotopic (exact) mass is 210 g/mol. The number of hydrogen-bond donors (Lipinski definition) is 2. The van der Waals surface area contributed by atoms with E-state index in [9.17, 15) is 4.79 Å². The SMILES string of the molecule is CNc1sc(C(C)=O)c(N)c1C1CC1. The molecule has 1 aliphatic rings. The third-order valence-electron chi connectivity index (χ3n) is 2.52. The number of carbonyl (C=O) groups excluding carboxylic acids is 1. The molecule has 1 aromatic rings. The maximum Gasteiger partial charge on any atom is 0.171 e. The molecule has 1 aliphatic carbocycles. The Bertz CT molecular complexity index is 380. The summed E-state index contributed by atoms with van der Waals surface area (Å²) < 4.78 is 0. The van der Waals surface area contributed by atoms with E-state index in [2.05, 4.69) is 5.32 Å². The van der Waals surface area contributed by atoms with Crippen molar-refractivity contribution in [3.05, 3.63) is 10.4 Å². The van der Waals surface area contributed by atoms with Gasteiger partial charge in [-0.1, -0.05) is 0 Å². The van der Waals surface area contributed by atoms with Crippen LogP contribution in [0.4, 0.5) is 10.7 Å². The summed E-state index contributed by atoms with van der Waals surface area (Å²) >= 11 is 1.48. The normalized spacial score (nSPS) is 15.6. The van der Waals surface area contributed by atoms with Crippen LogP contribution in [0.15, 0.2) is 0 Å². The molecule has 1 aromatic heterocycles. The highest BCUT2D eigenvalue weighted by Gasteiger charge is 2.31. The fourth-order valence-electron chi connectivity index (χ4n) is 1.68. The molecule has 0 saturated heterocycles. The first-order valence-electron chi connectivity index (χ1n) is 4.76. The largest absolute Gasteiger partial charge is 0.397 e. The van der Waals surface area contributed by atoms with Gasteiger partial charge >= 0.3 is 0 Å². The lowest BCUT2D eigenvalue weighted by atomic mass is 10.1. The Labute approximate surface area is 87.3 Å². The predicted octanol–water partition coefficient (Wildman–Crippen LogP) is 2.45. The molecule has 76 valence electrons. The molecule has 0 radical (unpaired) electrons. The van der Waals surface area contributed by atoms with Crippen molar-refractivity contribution in [3.63, 3.8) is 0 Å². The minimum Gasteiger partial charge on any atom is -0.397 e. The Morgan fingerprint density at radius 3 is 2.64 bits per heavy atom. The quantitative estimate of drug-likeness (QED) is 0.753. The summed E-state index contributed by atoms with van der Waals surface area (Å²) in [7, 11) is 1.88. The fourth-order valence-corrected chi connectivity index (χ4v) is 2.74. The van der Waals surface area contributed by atoms with Crippen LogP contribution < -0.4 is 11.1 Å². The van der Waals surface area contributed by atoms with Crippen LogP contribution in [-0.4, -0.2) is 12.8 Å². The van der Waals surface area contributed by atoms with Crippen LogP contribution in [0.3, 0.4) is 0 Å². The number of anilines is 2. The van der Waals surface area contributed by atoms with Crippen LogP contribution in [0.2, 0.25) is 0 Å². The summed E-state index contributed by atoms with van der Waals surface area (Å²) in [5.74, 6) is 0.651. The zero-order valence-corrected chi connectivity index (χ0v) is 9.20. The molecule has 4 heteroatoms. The standard InChI is InChI=1S/C10H14N2OS/c1-5(13)9-8(11)7(6-3-4-6)10(12-2)14-9/h6,12H,3-4,11H2,1-2H3. The molecule has 1 fully saturated rings. The first-order chi connectivity index (χ1) is 6.65. The predicted molar refractivity (Wildman–Crippen MR) is 60.3 cm³/mol. The van der Waals surface area contributed by atoms with Crippen molar-refractivity contribution in [1.82, 2.24) is 0 Å². The number of carbonyl (C=O) groups is 1. The fraction of sp³-hybridized carbons (Fsp3) is 0.500. The van der Waals surface area contributed by atoms with E-state index in [-0.39, 0.29) is 5.78 Å². The molecule has 0 aliphatic heterocycles. The Morgan fingerprint density at radius 1 is 1.57 bits per heavy atom.